The standard InChI is InChI=1S/C10H20N2O/c1-8(2)7-9(11)10(13)12-5-3-4-6-12/h8-9H,3-7,11H2,1-2H3/t9-/m0/s1. The maximum absolute atomic E-state index is 11.7. The molecule has 1 fully saturated rings. The summed E-state index contributed by atoms with van der Waals surface area (Å²) >= 11 is 0. The summed E-state index contributed by atoms with van der Waals surface area (Å²) in [4.78, 5) is 13.6. The van der Waals surface area contributed by atoms with Gasteiger partial charge in [-0.3, -0.25) is 4.79 Å². The van der Waals surface area contributed by atoms with Gasteiger partial charge in [-0.1, -0.05) is 13.8 Å². The average molecular weight is 184 g/mol. The van der Waals surface area contributed by atoms with Crippen LogP contribution in [0, 0.1) is 5.92 Å². The van der Waals surface area contributed by atoms with E-state index in [0.717, 1.165) is 32.4 Å². The maximum atomic E-state index is 11.7. The summed E-state index contributed by atoms with van der Waals surface area (Å²) in [5.41, 5.74) is 5.81. The normalized spacial score (nSPS) is 19.5. The zero-order valence-corrected chi connectivity index (χ0v) is 8.62. The van der Waals surface area contributed by atoms with E-state index in [9.17, 15) is 4.79 Å². The monoisotopic (exact) mass is 184 g/mol. The Morgan fingerprint density at radius 3 is 2.38 bits per heavy atom. The molecular formula is C10H20N2O. The Balaban J connectivity index is 2.36. The number of nitrogens with two attached hydrogens (primary N) is 1. The molecule has 1 rings (SSSR count). The van der Waals surface area contributed by atoms with Crippen molar-refractivity contribution in [3.8, 4) is 0 Å². The number of nitrogens with zero attached hydrogens (tertiary/aromatic N) is 1. The molecule has 76 valence electrons. The Morgan fingerprint density at radius 2 is 1.92 bits per heavy atom. The van der Waals surface area contributed by atoms with E-state index in [0.29, 0.717) is 5.92 Å². The first-order valence-electron chi connectivity index (χ1n) is 5.15. The molecule has 1 saturated heterocycles. The highest BCUT2D eigenvalue weighted by Crippen LogP contribution is 2.11. The van der Waals surface area contributed by atoms with Gasteiger partial charge < -0.3 is 10.6 Å². The first-order chi connectivity index (χ1) is 6.11. The highest BCUT2D eigenvalue weighted by Gasteiger charge is 2.23. The van der Waals surface area contributed by atoms with E-state index in [-0.39, 0.29) is 11.9 Å². The molecule has 2 N–H and O–H groups in total. The van der Waals surface area contributed by atoms with Gasteiger partial charge >= 0.3 is 0 Å². The molecule has 0 radical (unpaired) electrons. The van der Waals surface area contributed by atoms with Gasteiger partial charge in [-0.05, 0) is 25.2 Å². The molecule has 0 aromatic rings. The highest BCUT2D eigenvalue weighted by molar-refractivity contribution is 5.81. The van der Waals surface area contributed by atoms with Gasteiger partial charge in [0.05, 0.1) is 6.04 Å². The molecule has 0 spiro atoms. The Kier molecular flexibility index (Phi) is 3.72. The topological polar surface area (TPSA) is 46.3 Å². The summed E-state index contributed by atoms with van der Waals surface area (Å²) in [6, 6.07) is -0.280. The third-order valence-corrected chi connectivity index (χ3v) is 2.46. The summed E-state index contributed by atoms with van der Waals surface area (Å²) in [6.45, 7) is 6.00. The van der Waals surface area contributed by atoms with E-state index in [4.69, 9.17) is 5.73 Å². The van der Waals surface area contributed by atoms with Crippen LogP contribution in [0.4, 0.5) is 0 Å². The van der Waals surface area contributed by atoms with Crippen LogP contribution in [0.25, 0.3) is 0 Å². The quantitative estimate of drug-likeness (QED) is 0.710. The number of carbonyl (C=O) groups excluding carboxylic acids is 1. The summed E-state index contributed by atoms with van der Waals surface area (Å²) in [5.74, 6) is 0.646. The van der Waals surface area contributed by atoms with Crippen molar-refractivity contribution in [1.29, 1.82) is 0 Å². The predicted octanol–water partition coefficient (Wildman–Crippen LogP) is 0.982. The summed E-state index contributed by atoms with van der Waals surface area (Å²) < 4.78 is 0. The fourth-order valence-corrected chi connectivity index (χ4v) is 1.78. The van der Waals surface area contributed by atoms with Crippen LogP contribution in [0.3, 0.4) is 0 Å². The van der Waals surface area contributed by atoms with E-state index in [1.165, 1.54) is 0 Å². The van der Waals surface area contributed by atoms with Crippen LogP contribution in [-0.2, 0) is 4.79 Å². The Bertz CT molecular complexity index is 174. The second-order valence-corrected chi connectivity index (χ2v) is 4.27. The molecule has 13 heavy (non-hydrogen) atoms. The number of amides is 1. The zero-order chi connectivity index (χ0) is 9.84. The predicted molar refractivity (Wildman–Crippen MR) is 53.2 cm³/mol. The Hall–Kier alpha value is -0.570. The molecule has 0 aromatic heterocycles. The lowest BCUT2D eigenvalue weighted by Gasteiger charge is -2.21. The van der Waals surface area contributed by atoms with Gasteiger partial charge in [-0.15, -0.1) is 0 Å². The number of rotatable bonds is 3. The fraction of sp³-hybridized carbons (Fsp3) is 0.900. The third-order valence-electron chi connectivity index (χ3n) is 2.46. The van der Waals surface area contributed by atoms with Crippen molar-refractivity contribution in [2.24, 2.45) is 11.7 Å². The van der Waals surface area contributed by atoms with E-state index in [2.05, 4.69) is 13.8 Å². The first-order valence-corrected chi connectivity index (χ1v) is 5.15. The lowest BCUT2D eigenvalue weighted by atomic mass is 10.0. The molecule has 1 aliphatic heterocycles. The van der Waals surface area contributed by atoms with Crippen molar-refractivity contribution in [2.75, 3.05) is 13.1 Å². The number of likely N-dealkylation sites (tertiary alicyclic amines) is 1. The number of carbonyl (C=O) groups is 1. The van der Waals surface area contributed by atoms with Crippen molar-refractivity contribution in [3.05, 3.63) is 0 Å². The van der Waals surface area contributed by atoms with Crippen LogP contribution < -0.4 is 5.73 Å². The molecule has 0 aliphatic carbocycles. The van der Waals surface area contributed by atoms with Crippen LogP contribution in [0.1, 0.15) is 33.1 Å². The Labute approximate surface area is 80.3 Å². The summed E-state index contributed by atoms with van der Waals surface area (Å²) in [7, 11) is 0. The van der Waals surface area contributed by atoms with Crippen LogP contribution in [-0.4, -0.2) is 29.9 Å². The minimum absolute atomic E-state index is 0.145. The summed E-state index contributed by atoms with van der Waals surface area (Å²) in [5, 5.41) is 0. The van der Waals surface area contributed by atoms with Crippen LogP contribution in [0.15, 0.2) is 0 Å². The van der Waals surface area contributed by atoms with E-state index in [1.807, 2.05) is 4.90 Å². The molecule has 0 aromatic carbocycles. The van der Waals surface area contributed by atoms with Gasteiger partial charge in [0.2, 0.25) is 5.91 Å². The minimum Gasteiger partial charge on any atom is -0.341 e. The van der Waals surface area contributed by atoms with Gasteiger partial charge in [-0.25, -0.2) is 0 Å². The summed E-state index contributed by atoms with van der Waals surface area (Å²) in [6.07, 6.45) is 3.08. The van der Waals surface area contributed by atoms with Crippen molar-refractivity contribution in [1.82, 2.24) is 4.90 Å². The van der Waals surface area contributed by atoms with E-state index in [1.54, 1.807) is 0 Å². The van der Waals surface area contributed by atoms with Gasteiger partial charge in [0.15, 0.2) is 0 Å². The second-order valence-electron chi connectivity index (χ2n) is 4.27. The molecule has 0 saturated carbocycles. The van der Waals surface area contributed by atoms with E-state index < -0.39 is 0 Å². The van der Waals surface area contributed by atoms with Crippen molar-refractivity contribution < 1.29 is 4.79 Å². The molecule has 1 atom stereocenters. The number of hydrogen-bond donors (Lipinski definition) is 1. The average Bonchev–Trinajstić information content (AvgIpc) is 2.53. The molecule has 1 amide bonds. The van der Waals surface area contributed by atoms with Crippen LogP contribution in [0.5, 0.6) is 0 Å². The maximum Gasteiger partial charge on any atom is 0.239 e. The minimum atomic E-state index is -0.280. The van der Waals surface area contributed by atoms with Crippen LogP contribution in [0.2, 0.25) is 0 Å². The van der Waals surface area contributed by atoms with Crippen LogP contribution >= 0.6 is 0 Å². The largest absolute Gasteiger partial charge is 0.341 e. The van der Waals surface area contributed by atoms with Gasteiger partial charge in [0.1, 0.15) is 0 Å². The lowest BCUT2D eigenvalue weighted by molar-refractivity contribution is -0.131. The lowest BCUT2D eigenvalue weighted by Crippen LogP contribution is -2.42. The zero-order valence-electron chi connectivity index (χ0n) is 8.62. The molecule has 1 heterocycles. The van der Waals surface area contributed by atoms with Gasteiger partial charge in [0.25, 0.3) is 0 Å². The SMILES string of the molecule is CC(C)C[C@H](N)C(=O)N1CCCC1. The smallest absolute Gasteiger partial charge is 0.239 e. The van der Waals surface area contributed by atoms with Crippen molar-refractivity contribution >= 4 is 5.91 Å². The second kappa shape index (κ2) is 4.61. The molecule has 3 nitrogen and oxygen atoms in total. The Morgan fingerprint density at radius 1 is 1.38 bits per heavy atom. The first kappa shape index (κ1) is 10.5. The molecule has 0 unspecified atom stereocenters. The molecular weight excluding hydrogens is 164 g/mol. The molecule has 3 heteroatoms. The molecule has 0 bridgehead atoms. The third kappa shape index (κ3) is 2.99. The van der Waals surface area contributed by atoms with Gasteiger partial charge in [-0.2, -0.15) is 0 Å². The number of hydrogen-bond acceptors (Lipinski definition) is 2. The fourth-order valence-electron chi connectivity index (χ4n) is 1.78. The van der Waals surface area contributed by atoms with Crippen molar-refractivity contribution in [2.45, 2.75) is 39.2 Å². The van der Waals surface area contributed by atoms with Gasteiger partial charge in [0, 0.05) is 13.1 Å². The van der Waals surface area contributed by atoms with Crippen molar-refractivity contribution in [3.63, 3.8) is 0 Å². The highest BCUT2D eigenvalue weighted by atomic mass is 16.2. The molecule has 1 aliphatic rings. The van der Waals surface area contributed by atoms with E-state index >= 15 is 0 Å².